The summed E-state index contributed by atoms with van der Waals surface area (Å²) in [6, 6.07) is 0.208. The van der Waals surface area contributed by atoms with E-state index in [1.165, 1.54) is 25.0 Å². The number of thioether (sulfide) groups is 1. The third-order valence-corrected chi connectivity index (χ3v) is 4.62. The highest BCUT2D eigenvalue weighted by Crippen LogP contribution is 2.37. The van der Waals surface area contributed by atoms with Crippen molar-refractivity contribution in [3.8, 4) is 0 Å². The molecule has 5 heteroatoms. The van der Waals surface area contributed by atoms with Crippen LogP contribution in [0.1, 0.15) is 69.0 Å². The van der Waals surface area contributed by atoms with Gasteiger partial charge in [-0.3, -0.25) is 0 Å². The van der Waals surface area contributed by atoms with Crippen molar-refractivity contribution in [1.82, 2.24) is 15.5 Å². The first-order chi connectivity index (χ1) is 8.85. The Labute approximate surface area is 113 Å². The van der Waals surface area contributed by atoms with Crippen LogP contribution in [0.4, 0.5) is 0 Å². The molecule has 1 N–H and O–H groups in total. The van der Waals surface area contributed by atoms with Gasteiger partial charge in [0, 0.05) is 0 Å². The molecule has 0 spiro atoms. The zero-order chi connectivity index (χ0) is 12.8. The van der Waals surface area contributed by atoms with Gasteiger partial charge in [-0.1, -0.05) is 20.3 Å². The predicted molar refractivity (Wildman–Crippen MR) is 74.7 cm³/mol. The Hall–Kier alpha value is -0.550. The first-order valence-electron chi connectivity index (χ1n) is 7.03. The molecule has 2 unspecified atom stereocenters. The summed E-state index contributed by atoms with van der Waals surface area (Å²) in [5.41, 5.74) is 0. The Bertz CT molecular complexity index is 350. The van der Waals surface area contributed by atoms with Gasteiger partial charge in [-0.25, -0.2) is 0 Å². The number of nitrogens with zero attached hydrogens (tertiary/aromatic N) is 2. The average molecular weight is 269 g/mol. The lowest BCUT2D eigenvalue weighted by atomic mass is 10.2. The smallest absolute Gasteiger partial charge is 0.233 e. The van der Waals surface area contributed by atoms with E-state index in [9.17, 15) is 0 Å². The van der Waals surface area contributed by atoms with E-state index in [2.05, 4.69) is 29.4 Å². The second-order valence-corrected chi connectivity index (χ2v) is 6.06. The highest BCUT2D eigenvalue weighted by atomic mass is 32.2. The molecule has 102 valence electrons. The van der Waals surface area contributed by atoms with Crippen LogP contribution in [0.15, 0.2) is 4.42 Å². The summed E-state index contributed by atoms with van der Waals surface area (Å²) < 4.78 is 5.87. The molecule has 0 bridgehead atoms. The van der Waals surface area contributed by atoms with Crippen LogP contribution >= 0.6 is 11.8 Å². The summed E-state index contributed by atoms with van der Waals surface area (Å²) in [5, 5.41) is 12.3. The first-order valence-corrected chi connectivity index (χ1v) is 8.08. The highest BCUT2D eigenvalue weighted by molar-refractivity contribution is 7.99. The summed E-state index contributed by atoms with van der Waals surface area (Å²) in [5.74, 6) is 2.80. The van der Waals surface area contributed by atoms with Crippen molar-refractivity contribution < 1.29 is 4.42 Å². The van der Waals surface area contributed by atoms with Crippen molar-refractivity contribution in [2.24, 2.45) is 0 Å². The number of nitrogens with one attached hydrogen (secondary N) is 1. The van der Waals surface area contributed by atoms with Crippen LogP contribution < -0.4 is 5.32 Å². The molecule has 1 aromatic rings. The molecule has 0 saturated carbocycles. The van der Waals surface area contributed by atoms with Crippen molar-refractivity contribution in [1.29, 1.82) is 0 Å². The molecule has 2 heterocycles. The minimum absolute atomic E-state index is 0.208. The van der Waals surface area contributed by atoms with E-state index >= 15 is 0 Å². The largest absolute Gasteiger partial charge is 0.422 e. The zero-order valence-corrected chi connectivity index (χ0v) is 12.1. The lowest BCUT2D eigenvalue weighted by Gasteiger charge is -2.17. The van der Waals surface area contributed by atoms with Crippen molar-refractivity contribution in [2.75, 3.05) is 12.3 Å². The molecule has 0 radical (unpaired) electrons. The number of rotatable bonds is 6. The molecule has 18 heavy (non-hydrogen) atoms. The molecule has 4 nitrogen and oxygen atoms in total. The van der Waals surface area contributed by atoms with E-state index in [-0.39, 0.29) is 6.04 Å². The summed E-state index contributed by atoms with van der Waals surface area (Å²) in [7, 11) is 0. The molecule has 0 aromatic carbocycles. The second-order valence-electron chi connectivity index (χ2n) is 4.75. The Morgan fingerprint density at radius 3 is 2.94 bits per heavy atom. The van der Waals surface area contributed by atoms with Crippen LogP contribution in [-0.2, 0) is 0 Å². The van der Waals surface area contributed by atoms with Crippen LogP contribution in [0.5, 0.6) is 0 Å². The number of aromatic nitrogens is 2. The lowest BCUT2D eigenvalue weighted by molar-refractivity contribution is 0.368. The van der Waals surface area contributed by atoms with Gasteiger partial charge in [0.2, 0.25) is 11.8 Å². The first kappa shape index (κ1) is 13.9. The minimum atomic E-state index is 0.208. The lowest BCUT2D eigenvalue weighted by Crippen LogP contribution is -2.21. The number of hydrogen-bond donors (Lipinski definition) is 1. The van der Waals surface area contributed by atoms with Gasteiger partial charge in [0.25, 0.3) is 0 Å². The van der Waals surface area contributed by atoms with Gasteiger partial charge in [0.15, 0.2) is 0 Å². The maximum atomic E-state index is 5.87. The summed E-state index contributed by atoms with van der Waals surface area (Å²) >= 11 is 1.95. The number of hydrogen-bond acceptors (Lipinski definition) is 5. The molecule has 1 aliphatic heterocycles. The van der Waals surface area contributed by atoms with E-state index in [1.54, 1.807) is 0 Å². The SMILES string of the molecule is CCCNC(CC)c1nnc(C2CCCCS2)o1. The Morgan fingerprint density at radius 2 is 2.28 bits per heavy atom. The fraction of sp³-hybridized carbons (Fsp3) is 0.846. The highest BCUT2D eigenvalue weighted by Gasteiger charge is 2.23. The van der Waals surface area contributed by atoms with E-state index in [1.807, 2.05) is 11.8 Å². The van der Waals surface area contributed by atoms with Crippen LogP contribution in [0.2, 0.25) is 0 Å². The summed E-state index contributed by atoms with van der Waals surface area (Å²) in [6.45, 7) is 5.30. The molecular formula is C13H23N3OS. The van der Waals surface area contributed by atoms with E-state index in [0.29, 0.717) is 5.25 Å². The zero-order valence-electron chi connectivity index (χ0n) is 11.3. The van der Waals surface area contributed by atoms with Crippen molar-refractivity contribution >= 4 is 11.8 Å². The van der Waals surface area contributed by atoms with Gasteiger partial charge in [-0.15, -0.1) is 22.0 Å². The predicted octanol–water partition coefficient (Wildman–Crippen LogP) is 3.48. The van der Waals surface area contributed by atoms with Gasteiger partial charge in [-0.05, 0) is 38.0 Å². The topological polar surface area (TPSA) is 51.0 Å². The Kier molecular flexibility index (Phi) is 5.50. The van der Waals surface area contributed by atoms with Crippen LogP contribution in [-0.4, -0.2) is 22.5 Å². The molecule has 1 saturated heterocycles. The monoisotopic (exact) mass is 269 g/mol. The molecule has 0 amide bonds. The van der Waals surface area contributed by atoms with E-state index < -0.39 is 0 Å². The molecule has 2 rings (SSSR count). The van der Waals surface area contributed by atoms with Crippen molar-refractivity contribution in [3.63, 3.8) is 0 Å². The Morgan fingerprint density at radius 1 is 1.39 bits per heavy atom. The quantitative estimate of drug-likeness (QED) is 0.857. The molecule has 0 aliphatic carbocycles. The Balaban J connectivity index is 1.98. The standard InChI is InChI=1S/C13H23N3OS/c1-3-8-14-10(4-2)12-15-16-13(17-12)11-7-5-6-9-18-11/h10-11,14H,3-9H2,1-2H3. The van der Waals surface area contributed by atoms with Crippen LogP contribution in [0.25, 0.3) is 0 Å². The third kappa shape index (κ3) is 3.48. The summed E-state index contributed by atoms with van der Waals surface area (Å²) in [4.78, 5) is 0. The van der Waals surface area contributed by atoms with E-state index in [4.69, 9.17) is 4.42 Å². The normalized spacial score (nSPS) is 22.0. The summed E-state index contributed by atoms with van der Waals surface area (Å²) in [6.07, 6.45) is 5.87. The molecular weight excluding hydrogens is 246 g/mol. The van der Waals surface area contributed by atoms with Crippen molar-refractivity contribution in [2.45, 2.75) is 57.2 Å². The van der Waals surface area contributed by atoms with Gasteiger partial charge in [0.05, 0.1) is 11.3 Å². The van der Waals surface area contributed by atoms with Crippen molar-refractivity contribution in [3.05, 3.63) is 11.8 Å². The van der Waals surface area contributed by atoms with Gasteiger partial charge in [0.1, 0.15) is 0 Å². The molecule has 2 atom stereocenters. The fourth-order valence-electron chi connectivity index (χ4n) is 2.18. The van der Waals surface area contributed by atoms with Gasteiger partial charge < -0.3 is 9.73 Å². The van der Waals surface area contributed by atoms with Crippen LogP contribution in [0.3, 0.4) is 0 Å². The van der Waals surface area contributed by atoms with Gasteiger partial charge in [-0.2, -0.15) is 0 Å². The maximum Gasteiger partial charge on any atom is 0.233 e. The second kappa shape index (κ2) is 7.14. The van der Waals surface area contributed by atoms with E-state index in [0.717, 1.165) is 31.2 Å². The molecule has 1 aromatic heterocycles. The molecule has 1 fully saturated rings. The average Bonchev–Trinajstić information content (AvgIpc) is 2.90. The molecule has 1 aliphatic rings. The van der Waals surface area contributed by atoms with Gasteiger partial charge >= 0.3 is 0 Å². The van der Waals surface area contributed by atoms with Crippen LogP contribution in [0, 0.1) is 0 Å². The minimum Gasteiger partial charge on any atom is -0.422 e. The fourth-order valence-corrected chi connectivity index (χ4v) is 3.40. The maximum absolute atomic E-state index is 5.87. The third-order valence-electron chi connectivity index (χ3n) is 3.26.